The van der Waals surface area contributed by atoms with Crippen molar-refractivity contribution in [1.82, 2.24) is 29.1 Å². The molecular formula is C14H15N7S. The van der Waals surface area contributed by atoms with E-state index in [2.05, 4.69) is 40.9 Å². The largest absolute Gasteiger partial charge is 0.345 e. The molecular weight excluding hydrogens is 298 g/mol. The molecule has 0 radical (unpaired) electrons. The highest BCUT2D eigenvalue weighted by atomic mass is 32.1. The van der Waals surface area contributed by atoms with Gasteiger partial charge in [-0.1, -0.05) is 6.07 Å². The van der Waals surface area contributed by atoms with Gasteiger partial charge in [0.25, 0.3) is 0 Å². The molecule has 3 aromatic heterocycles. The van der Waals surface area contributed by atoms with Gasteiger partial charge in [0.15, 0.2) is 16.7 Å². The Kier molecular flexibility index (Phi) is 3.11. The normalized spacial score (nSPS) is 17.5. The van der Waals surface area contributed by atoms with Crippen LogP contribution in [0.4, 0.5) is 5.82 Å². The average molecular weight is 313 g/mol. The molecule has 4 heterocycles. The van der Waals surface area contributed by atoms with Gasteiger partial charge >= 0.3 is 0 Å². The summed E-state index contributed by atoms with van der Waals surface area (Å²) in [7, 11) is 0. The molecule has 0 spiro atoms. The SMILES string of the molecule is Cc1nsc(-c2nnc3n2CCN(c2ccccn2)[C@@H]3C)n1. The zero-order valence-corrected chi connectivity index (χ0v) is 13.2. The molecule has 0 fully saturated rings. The van der Waals surface area contributed by atoms with Crippen LogP contribution in [0, 0.1) is 6.92 Å². The summed E-state index contributed by atoms with van der Waals surface area (Å²) in [6.45, 7) is 5.70. The van der Waals surface area contributed by atoms with Gasteiger partial charge in [-0.25, -0.2) is 9.97 Å². The molecule has 1 atom stereocenters. The van der Waals surface area contributed by atoms with Gasteiger partial charge < -0.3 is 9.47 Å². The van der Waals surface area contributed by atoms with Crippen molar-refractivity contribution in [3.05, 3.63) is 36.0 Å². The Balaban J connectivity index is 1.71. The number of fused-ring (bicyclic) bond motifs is 1. The number of hydrogen-bond acceptors (Lipinski definition) is 7. The lowest BCUT2D eigenvalue weighted by Crippen LogP contribution is -2.37. The van der Waals surface area contributed by atoms with Crippen LogP contribution in [-0.2, 0) is 6.54 Å². The Bertz CT molecular complexity index is 795. The van der Waals surface area contributed by atoms with Gasteiger partial charge in [-0.15, -0.1) is 10.2 Å². The fourth-order valence-electron chi connectivity index (χ4n) is 2.77. The van der Waals surface area contributed by atoms with Crippen molar-refractivity contribution in [2.45, 2.75) is 26.4 Å². The van der Waals surface area contributed by atoms with Crippen molar-refractivity contribution in [3.63, 3.8) is 0 Å². The molecule has 0 unspecified atom stereocenters. The summed E-state index contributed by atoms with van der Waals surface area (Å²) >= 11 is 1.37. The van der Waals surface area contributed by atoms with Gasteiger partial charge in [0.05, 0.1) is 6.04 Å². The van der Waals surface area contributed by atoms with Crippen LogP contribution in [0.1, 0.15) is 24.6 Å². The van der Waals surface area contributed by atoms with Crippen LogP contribution < -0.4 is 4.90 Å². The lowest BCUT2D eigenvalue weighted by Gasteiger charge is -2.34. The summed E-state index contributed by atoms with van der Waals surface area (Å²) < 4.78 is 6.38. The molecule has 1 aliphatic heterocycles. The van der Waals surface area contributed by atoms with E-state index in [1.807, 2.05) is 31.3 Å². The maximum Gasteiger partial charge on any atom is 0.194 e. The standard InChI is InChI=1S/C14H15N7S/c1-9-12-17-18-13(14-16-10(2)19-22-14)21(12)8-7-20(9)11-5-3-4-6-15-11/h3-6,9H,7-8H2,1-2H3/t9-/m1/s1. The average Bonchev–Trinajstić information content (AvgIpc) is 3.15. The van der Waals surface area contributed by atoms with Crippen molar-refractivity contribution in [1.29, 1.82) is 0 Å². The molecule has 7 nitrogen and oxygen atoms in total. The summed E-state index contributed by atoms with van der Waals surface area (Å²) in [6.07, 6.45) is 1.82. The van der Waals surface area contributed by atoms with Gasteiger partial charge in [0.2, 0.25) is 0 Å². The highest BCUT2D eigenvalue weighted by Gasteiger charge is 2.30. The zero-order valence-electron chi connectivity index (χ0n) is 12.3. The van der Waals surface area contributed by atoms with Crippen LogP contribution in [0.2, 0.25) is 0 Å². The molecule has 0 amide bonds. The lowest BCUT2D eigenvalue weighted by molar-refractivity contribution is 0.495. The van der Waals surface area contributed by atoms with Crippen LogP contribution in [0.3, 0.4) is 0 Å². The highest BCUT2D eigenvalue weighted by molar-refractivity contribution is 7.09. The first-order chi connectivity index (χ1) is 10.7. The zero-order chi connectivity index (χ0) is 15.1. The van der Waals surface area contributed by atoms with Gasteiger partial charge in [-0.2, -0.15) is 4.37 Å². The molecule has 0 bridgehead atoms. The second kappa shape index (κ2) is 5.13. The van der Waals surface area contributed by atoms with E-state index in [1.54, 1.807) is 0 Å². The van der Waals surface area contributed by atoms with E-state index in [-0.39, 0.29) is 6.04 Å². The van der Waals surface area contributed by atoms with Crippen molar-refractivity contribution in [2.24, 2.45) is 0 Å². The first-order valence-electron chi connectivity index (χ1n) is 7.15. The number of anilines is 1. The Hall–Kier alpha value is -2.35. The lowest BCUT2D eigenvalue weighted by atomic mass is 10.2. The number of rotatable bonds is 2. The Morgan fingerprint density at radius 2 is 2.14 bits per heavy atom. The molecule has 0 N–H and O–H groups in total. The molecule has 0 aromatic carbocycles. The van der Waals surface area contributed by atoms with Crippen molar-refractivity contribution in [2.75, 3.05) is 11.4 Å². The second-order valence-electron chi connectivity index (χ2n) is 5.24. The minimum Gasteiger partial charge on any atom is -0.345 e. The van der Waals surface area contributed by atoms with Crippen LogP contribution in [0.5, 0.6) is 0 Å². The summed E-state index contributed by atoms with van der Waals surface area (Å²) in [4.78, 5) is 11.1. The summed E-state index contributed by atoms with van der Waals surface area (Å²) in [5.74, 6) is 3.50. The molecule has 8 heteroatoms. The fraction of sp³-hybridized carbons (Fsp3) is 0.357. The smallest absolute Gasteiger partial charge is 0.194 e. The summed E-state index contributed by atoms with van der Waals surface area (Å²) in [5.41, 5.74) is 0. The van der Waals surface area contributed by atoms with E-state index in [4.69, 9.17) is 0 Å². The van der Waals surface area contributed by atoms with Crippen molar-refractivity contribution in [3.8, 4) is 10.8 Å². The minimum atomic E-state index is 0.124. The first-order valence-corrected chi connectivity index (χ1v) is 7.93. The predicted octanol–water partition coefficient (Wildman–Crippen LogP) is 2.08. The van der Waals surface area contributed by atoms with Gasteiger partial charge in [0.1, 0.15) is 11.6 Å². The maximum absolute atomic E-state index is 4.44. The van der Waals surface area contributed by atoms with E-state index >= 15 is 0 Å². The van der Waals surface area contributed by atoms with Gasteiger partial charge in [0, 0.05) is 19.3 Å². The summed E-state index contributed by atoms with van der Waals surface area (Å²) in [5, 5.41) is 9.54. The molecule has 0 saturated carbocycles. The Morgan fingerprint density at radius 1 is 1.23 bits per heavy atom. The fourth-order valence-corrected chi connectivity index (χ4v) is 3.43. The molecule has 22 heavy (non-hydrogen) atoms. The molecule has 112 valence electrons. The monoisotopic (exact) mass is 313 g/mol. The quantitative estimate of drug-likeness (QED) is 0.721. The van der Waals surface area contributed by atoms with Crippen LogP contribution in [0.25, 0.3) is 10.8 Å². The van der Waals surface area contributed by atoms with Crippen molar-refractivity contribution >= 4 is 17.4 Å². The topological polar surface area (TPSA) is 72.6 Å². The predicted molar refractivity (Wildman–Crippen MR) is 83.7 cm³/mol. The molecule has 4 rings (SSSR count). The second-order valence-corrected chi connectivity index (χ2v) is 5.99. The number of aryl methyl sites for hydroxylation is 1. The number of aromatic nitrogens is 6. The first kappa shape index (κ1) is 13.3. The van der Waals surface area contributed by atoms with E-state index in [0.717, 1.165) is 41.4 Å². The number of pyridine rings is 1. The third-order valence-electron chi connectivity index (χ3n) is 3.85. The third kappa shape index (κ3) is 2.07. The van der Waals surface area contributed by atoms with E-state index in [9.17, 15) is 0 Å². The van der Waals surface area contributed by atoms with Gasteiger partial charge in [-0.3, -0.25) is 0 Å². The molecule has 0 saturated heterocycles. The summed E-state index contributed by atoms with van der Waals surface area (Å²) in [6, 6.07) is 6.08. The van der Waals surface area contributed by atoms with Crippen LogP contribution in [0.15, 0.2) is 24.4 Å². The minimum absolute atomic E-state index is 0.124. The van der Waals surface area contributed by atoms with Crippen LogP contribution in [-0.4, -0.2) is 35.7 Å². The molecule has 3 aromatic rings. The Labute approximate surface area is 131 Å². The van der Waals surface area contributed by atoms with E-state index in [1.165, 1.54) is 11.5 Å². The van der Waals surface area contributed by atoms with E-state index < -0.39 is 0 Å². The highest BCUT2D eigenvalue weighted by Crippen LogP contribution is 2.31. The Morgan fingerprint density at radius 3 is 2.86 bits per heavy atom. The number of nitrogens with zero attached hydrogens (tertiary/aromatic N) is 7. The molecule has 1 aliphatic rings. The van der Waals surface area contributed by atoms with Crippen LogP contribution >= 0.6 is 11.5 Å². The molecule has 0 aliphatic carbocycles. The van der Waals surface area contributed by atoms with Crippen molar-refractivity contribution < 1.29 is 0 Å². The number of hydrogen-bond donors (Lipinski definition) is 0. The maximum atomic E-state index is 4.44. The van der Waals surface area contributed by atoms with Gasteiger partial charge in [-0.05, 0) is 37.5 Å². The van der Waals surface area contributed by atoms with E-state index in [0.29, 0.717) is 0 Å². The third-order valence-corrected chi connectivity index (χ3v) is 4.65.